The Morgan fingerprint density at radius 2 is 2.15 bits per heavy atom. The minimum atomic E-state index is 0.526. The topological polar surface area (TPSA) is 54.7 Å². The van der Waals surface area contributed by atoms with Crippen LogP contribution in [0.5, 0.6) is 0 Å². The van der Waals surface area contributed by atoms with E-state index in [2.05, 4.69) is 40.8 Å². The number of fused-ring (bicyclic) bond motifs is 1. The van der Waals surface area contributed by atoms with Gasteiger partial charge in [-0.1, -0.05) is 24.3 Å². The molecule has 20 heavy (non-hydrogen) atoms. The lowest BCUT2D eigenvalue weighted by molar-refractivity contribution is 1.06. The number of nitrogens with zero attached hydrogens (tertiary/aromatic N) is 1. The summed E-state index contributed by atoms with van der Waals surface area (Å²) < 4.78 is 0. The summed E-state index contributed by atoms with van der Waals surface area (Å²) in [7, 11) is 0. The number of rotatable bonds is 3. The van der Waals surface area contributed by atoms with Gasteiger partial charge in [-0.05, 0) is 47.4 Å². The highest BCUT2D eigenvalue weighted by molar-refractivity contribution is 5.93. The van der Waals surface area contributed by atoms with Crippen LogP contribution in [-0.4, -0.2) is 9.97 Å². The maximum atomic E-state index is 5.80. The summed E-state index contributed by atoms with van der Waals surface area (Å²) in [4.78, 5) is 7.47. The third-order valence-electron chi connectivity index (χ3n) is 3.56. The Balaban J connectivity index is 2.22. The number of hydrogen-bond donors (Lipinski definition) is 2. The highest BCUT2D eigenvalue weighted by Gasteiger charge is 2.08. The largest absolute Gasteiger partial charge is 0.346 e. The molecule has 0 unspecified atom stereocenters. The van der Waals surface area contributed by atoms with Gasteiger partial charge in [-0.25, -0.2) is 4.98 Å². The molecule has 0 fully saturated rings. The molecular weight excluding hydrogens is 246 g/mol. The van der Waals surface area contributed by atoms with Gasteiger partial charge in [-0.2, -0.15) is 0 Å². The molecule has 0 amide bonds. The fourth-order valence-electron chi connectivity index (χ4n) is 2.53. The molecule has 0 bridgehead atoms. The van der Waals surface area contributed by atoms with Crippen LogP contribution in [0, 0.1) is 0 Å². The van der Waals surface area contributed by atoms with Crippen molar-refractivity contribution in [1.82, 2.24) is 9.97 Å². The highest BCUT2D eigenvalue weighted by Crippen LogP contribution is 2.30. The summed E-state index contributed by atoms with van der Waals surface area (Å²) in [5, 5.41) is 1.13. The van der Waals surface area contributed by atoms with Gasteiger partial charge in [0.2, 0.25) is 0 Å². The second kappa shape index (κ2) is 4.94. The molecule has 2 heterocycles. The lowest BCUT2D eigenvalue weighted by Gasteiger charge is -2.11. The first-order chi connectivity index (χ1) is 9.70. The van der Waals surface area contributed by atoms with Gasteiger partial charge < -0.3 is 10.7 Å². The first kappa shape index (κ1) is 12.6. The van der Waals surface area contributed by atoms with Gasteiger partial charge in [0.05, 0.1) is 0 Å². The molecule has 0 atom stereocenters. The lowest BCUT2D eigenvalue weighted by atomic mass is 9.95. The minimum absolute atomic E-state index is 0.526. The SMILES string of the molecule is C=C(C)c1cc(-c2ccnc3[nH]ccc23)ccc1CN. The second-order valence-corrected chi connectivity index (χ2v) is 4.95. The Labute approximate surface area is 118 Å². The first-order valence-corrected chi connectivity index (χ1v) is 6.62. The van der Waals surface area contributed by atoms with Crippen molar-refractivity contribution in [2.45, 2.75) is 13.5 Å². The first-order valence-electron chi connectivity index (χ1n) is 6.62. The van der Waals surface area contributed by atoms with E-state index in [0.29, 0.717) is 6.54 Å². The maximum absolute atomic E-state index is 5.80. The Morgan fingerprint density at radius 3 is 2.90 bits per heavy atom. The average Bonchev–Trinajstić information content (AvgIpc) is 2.94. The summed E-state index contributed by atoms with van der Waals surface area (Å²) in [5.74, 6) is 0. The summed E-state index contributed by atoms with van der Waals surface area (Å²) in [6.07, 6.45) is 3.74. The van der Waals surface area contributed by atoms with E-state index in [1.165, 1.54) is 5.56 Å². The number of aromatic amines is 1. The van der Waals surface area contributed by atoms with Crippen molar-refractivity contribution in [3.8, 4) is 11.1 Å². The van der Waals surface area contributed by atoms with Crippen LogP contribution >= 0.6 is 0 Å². The van der Waals surface area contributed by atoms with Crippen LogP contribution in [0.2, 0.25) is 0 Å². The molecule has 0 spiro atoms. The van der Waals surface area contributed by atoms with Gasteiger partial charge in [-0.3, -0.25) is 0 Å². The van der Waals surface area contributed by atoms with Crippen LogP contribution in [0.15, 0.2) is 49.3 Å². The molecule has 2 aromatic heterocycles. The number of nitrogens with one attached hydrogen (secondary N) is 1. The minimum Gasteiger partial charge on any atom is -0.346 e. The van der Waals surface area contributed by atoms with E-state index in [1.807, 2.05) is 25.4 Å². The van der Waals surface area contributed by atoms with Gasteiger partial charge in [0.25, 0.3) is 0 Å². The summed E-state index contributed by atoms with van der Waals surface area (Å²) in [6, 6.07) is 10.4. The number of aromatic nitrogens is 2. The summed E-state index contributed by atoms with van der Waals surface area (Å²) in [5.41, 5.74) is 12.3. The van der Waals surface area contributed by atoms with E-state index in [1.54, 1.807) is 0 Å². The van der Waals surface area contributed by atoms with Crippen LogP contribution in [0.1, 0.15) is 18.1 Å². The van der Waals surface area contributed by atoms with Crippen molar-refractivity contribution < 1.29 is 0 Å². The number of pyridine rings is 1. The third-order valence-corrected chi connectivity index (χ3v) is 3.56. The van der Waals surface area contributed by atoms with Gasteiger partial charge in [0.1, 0.15) is 5.65 Å². The molecular formula is C17H17N3. The monoisotopic (exact) mass is 263 g/mol. The fourth-order valence-corrected chi connectivity index (χ4v) is 2.53. The number of hydrogen-bond acceptors (Lipinski definition) is 2. The second-order valence-electron chi connectivity index (χ2n) is 4.95. The Hall–Kier alpha value is -2.39. The Bertz CT molecular complexity index is 784. The average molecular weight is 263 g/mol. The van der Waals surface area contributed by atoms with E-state index in [4.69, 9.17) is 5.73 Å². The van der Waals surface area contributed by atoms with E-state index < -0.39 is 0 Å². The van der Waals surface area contributed by atoms with Gasteiger partial charge in [0, 0.05) is 24.3 Å². The number of nitrogens with two attached hydrogens (primary N) is 1. The third kappa shape index (κ3) is 2.02. The van der Waals surface area contributed by atoms with Crippen LogP contribution < -0.4 is 5.73 Å². The quantitative estimate of drug-likeness (QED) is 0.756. The summed E-state index contributed by atoms with van der Waals surface area (Å²) >= 11 is 0. The van der Waals surface area contributed by atoms with Crippen LogP contribution in [0.4, 0.5) is 0 Å². The molecule has 0 saturated heterocycles. The molecule has 3 N–H and O–H groups in total. The number of H-pyrrole nitrogens is 1. The standard InChI is InChI=1S/C17H17N3/c1-11(2)16-9-12(3-4-13(16)10-18)14-5-7-19-17-15(14)6-8-20-17/h3-9H,1,10,18H2,2H3,(H,19,20). The fraction of sp³-hybridized carbons (Fsp3) is 0.118. The van der Waals surface area contributed by atoms with Gasteiger partial charge in [0.15, 0.2) is 0 Å². The van der Waals surface area contributed by atoms with E-state index in [9.17, 15) is 0 Å². The zero-order valence-corrected chi connectivity index (χ0v) is 11.5. The number of allylic oxidation sites excluding steroid dienone is 1. The van der Waals surface area contributed by atoms with Crippen molar-refractivity contribution in [1.29, 1.82) is 0 Å². The normalized spacial score (nSPS) is 10.9. The van der Waals surface area contributed by atoms with Gasteiger partial charge in [-0.15, -0.1) is 0 Å². The van der Waals surface area contributed by atoms with Crippen molar-refractivity contribution in [3.05, 3.63) is 60.4 Å². The molecule has 0 saturated carbocycles. The van der Waals surface area contributed by atoms with E-state index in [0.717, 1.165) is 33.3 Å². The molecule has 3 rings (SSSR count). The predicted octanol–water partition coefficient (Wildman–Crippen LogP) is 3.72. The van der Waals surface area contributed by atoms with E-state index >= 15 is 0 Å². The molecule has 3 heteroatoms. The lowest BCUT2D eigenvalue weighted by Crippen LogP contribution is -2.00. The predicted molar refractivity (Wildman–Crippen MR) is 84.1 cm³/mol. The molecule has 1 aromatic carbocycles. The molecule has 3 aromatic rings. The summed E-state index contributed by atoms with van der Waals surface area (Å²) in [6.45, 7) is 6.58. The van der Waals surface area contributed by atoms with Crippen molar-refractivity contribution in [2.75, 3.05) is 0 Å². The maximum Gasteiger partial charge on any atom is 0.137 e. The molecule has 0 radical (unpaired) electrons. The van der Waals surface area contributed by atoms with E-state index in [-0.39, 0.29) is 0 Å². The highest BCUT2D eigenvalue weighted by atomic mass is 14.8. The van der Waals surface area contributed by atoms with Crippen molar-refractivity contribution >= 4 is 16.6 Å². The van der Waals surface area contributed by atoms with Crippen LogP contribution in [0.25, 0.3) is 27.7 Å². The molecule has 0 aliphatic rings. The molecule has 100 valence electrons. The van der Waals surface area contributed by atoms with Crippen LogP contribution in [-0.2, 0) is 6.54 Å². The zero-order valence-electron chi connectivity index (χ0n) is 11.5. The Kier molecular flexibility index (Phi) is 3.12. The molecule has 0 aliphatic heterocycles. The molecule has 3 nitrogen and oxygen atoms in total. The smallest absolute Gasteiger partial charge is 0.137 e. The zero-order chi connectivity index (χ0) is 14.1. The number of benzene rings is 1. The van der Waals surface area contributed by atoms with Crippen LogP contribution in [0.3, 0.4) is 0 Å². The van der Waals surface area contributed by atoms with Crippen molar-refractivity contribution in [3.63, 3.8) is 0 Å². The Morgan fingerprint density at radius 1 is 1.30 bits per heavy atom. The molecule has 0 aliphatic carbocycles. The van der Waals surface area contributed by atoms with Crippen molar-refractivity contribution in [2.24, 2.45) is 5.73 Å². The van der Waals surface area contributed by atoms with Gasteiger partial charge >= 0.3 is 0 Å².